The second-order valence-electron chi connectivity index (χ2n) is 16.0. The summed E-state index contributed by atoms with van der Waals surface area (Å²) in [5.74, 6) is 0. The average Bonchev–Trinajstić information content (AvgIpc) is 3.93. The van der Waals surface area contributed by atoms with Crippen molar-refractivity contribution in [3.8, 4) is 55.6 Å². The number of furan rings is 1. The molecule has 0 N–H and O–H groups in total. The van der Waals surface area contributed by atoms with Gasteiger partial charge in [0.15, 0.2) is 0 Å². The Morgan fingerprint density at radius 1 is 0.302 bits per heavy atom. The van der Waals surface area contributed by atoms with E-state index < -0.39 is 0 Å². The molecule has 296 valence electrons. The van der Waals surface area contributed by atoms with Crippen molar-refractivity contribution in [1.82, 2.24) is 0 Å². The van der Waals surface area contributed by atoms with Crippen LogP contribution >= 0.6 is 11.3 Å². The van der Waals surface area contributed by atoms with E-state index in [1.165, 1.54) is 59.1 Å². The molecule has 2 aromatic heterocycles. The molecule has 0 spiro atoms. The SMILES string of the molecule is c1ccc(-c2ccccc2-c2ccccc2-c2ccccc2N(c2ccc(-c3ccc4c(c3)sc3ccccc34)cc2)c2ccc(-c3cccc4c3oc3ccccc34)cc2)cc1. The minimum absolute atomic E-state index is 0.901. The second kappa shape index (κ2) is 15.5. The van der Waals surface area contributed by atoms with Crippen molar-refractivity contribution in [2.75, 3.05) is 4.90 Å². The monoisotopic (exact) mass is 821 g/mol. The van der Waals surface area contributed by atoms with Crippen molar-refractivity contribution < 1.29 is 4.42 Å². The van der Waals surface area contributed by atoms with Crippen LogP contribution in [0.4, 0.5) is 17.1 Å². The highest BCUT2D eigenvalue weighted by molar-refractivity contribution is 7.25. The first-order valence-corrected chi connectivity index (χ1v) is 22.2. The number of fused-ring (bicyclic) bond motifs is 6. The third kappa shape index (κ3) is 6.50. The lowest BCUT2D eigenvalue weighted by Gasteiger charge is -2.29. The summed E-state index contributed by atoms with van der Waals surface area (Å²) < 4.78 is 9.10. The number of rotatable bonds is 8. The Balaban J connectivity index is 0.997. The van der Waals surface area contributed by atoms with Crippen LogP contribution in [-0.4, -0.2) is 0 Å². The summed E-state index contributed by atoms with van der Waals surface area (Å²) in [7, 11) is 0. The number of benzene rings is 10. The first-order chi connectivity index (χ1) is 31.2. The molecule has 0 radical (unpaired) electrons. The Morgan fingerprint density at radius 2 is 0.810 bits per heavy atom. The maximum atomic E-state index is 6.48. The Kier molecular flexibility index (Phi) is 9.06. The van der Waals surface area contributed by atoms with Gasteiger partial charge in [-0.15, -0.1) is 11.3 Å². The fourth-order valence-electron chi connectivity index (χ4n) is 9.34. The van der Waals surface area contributed by atoms with Gasteiger partial charge in [-0.3, -0.25) is 0 Å². The molecule has 0 aliphatic heterocycles. The van der Waals surface area contributed by atoms with Crippen molar-refractivity contribution in [2.45, 2.75) is 0 Å². The number of hydrogen-bond acceptors (Lipinski definition) is 3. The molecular weight excluding hydrogens is 783 g/mol. The van der Waals surface area contributed by atoms with E-state index in [-0.39, 0.29) is 0 Å². The molecule has 0 atom stereocenters. The molecule has 0 bridgehead atoms. The van der Waals surface area contributed by atoms with Crippen LogP contribution in [0.1, 0.15) is 0 Å². The van der Waals surface area contributed by atoms with Crippen LogP contribution in [0.15, 0.2) is 241 Å². The Hall–Kier alpha value is -7.98. The average molecular weight is 822 g/mol. The van der Waals surface area contributed by atoms with Crippen molar-refractivity contribution in [3.05, 3.63) is 237 Å². The number of para-hydroxylation sites is 3. The first-order valence-electron chi connectivity index (χ1n) is 21.4. The maximum Gasteiger partial charge on any atom is 0.143 e. The normalized spacial score (nSPS) is 11.5. The molecule has 0 aliphatic carbocycles. The van der Waals surface area contributed by atoms with E-state index in [2.05, 4.69) is 229 Å². The van der Waals surface area contributed by atoms with Crippen molar-refractivity contribution >= 4 is 70.5 Å². The minimum atomic E-state index is 0.901. The van der Waals surface area contributed by atoms with Gasteiger partial charge in [0, 0.05) is 53.4 Å². The molecule has 3 heteroatoms. The van der Waals surface area contributed by atoms with Gasteiger partial charge in [0.1, 0.15) is 11.2 Å². The van der Waals surface area contributed by atoms with Gasteiger partial charge in [0.05, 0.1) is 5.69 Å². The Morgan fingerprint density at radius 3 is 1.57 bits per heavy atom. The fraction of sp³-hybridized carbons (Fsp3) is 0. The second-order valence-corrected chi connectivity index (χ2v) is 17.1. The van der Waals surface area contributed by atoms with E-state index in [9.17, 15) is 0 Å². The summed E-state index contributed by atoms with van der Waals surface area (Å²) in [6.45, 7) is 0. The van der Waals surface area contributed by atoms with Crippen molar-refractivity contribution in [2.24, 2.45) is 0 Å². The van der Waals surface area contributed by atoms with E-state index in [4.69, 9.17) is 4.42 Å². The van der Waals surface area contributed by atoms with E-state index in [0.717, 1.165) is 55.7 Å². The van der Waals surface area contributed by atoms with Crippen LogP contribution in [0.3, 0.4) is 0 Å². The minimum Gasteiger partial charge on any atom is -0.455 e. The lowest BCUT2D eigenvalue weighted by Crippen LogP contribution is -2.11. The predicted octanol–water partition coefficient (Wildman–Crippen LogP) is 17.8. The highest BCUT2D eigenvalue weighted by Crippen LogP contribution is 2.46. The molecule has 0 saturated carbocycles. The number of thiophene rings is 1. The van der Waals surface area contributed by atoms with Gasteiger partial charge in [0.2, 0.25) is 0 Å². The third-order valence-corrected chi connectivity index (χ3v) is 13.5. The van der Waals surface area contributed by atoms with E-state index in [0.29, 0.717) is 0 Å². The molecule has 10 aromatic carbocycles. The summed E-state index contributed by atoms with van der Waals surface area (Å²) in [5.41, 5.74) is 16.7. The van der Waals surface area contributed by atoms with E-state index in [1.807, 2.05) is 23.5 Å². The van der Waals surface area contributed by atoms with Crippen LogP contribution in [0.5, 0.6) is 0 Å². The molecule has 2 heterocycles. The van der Waals surface area contributed by atoms with Gasteiger partial charge in [-0.2, -0.15) is 0 Å². The van der Waals surface area contributed by atoms with Crippen LogP contribution in [-0.2, 0) is 0 Å². The van der Waals surface area contributed by atoms with Crippen LogP contribution in [0, 0.1) is 0 Å². The number of nitrogens with zero attached hydrogens (tertiary/aromatic N) is 1. The van der Waals surface area contributed by atoms with Crippen molar-refractivity contribution in [3.63, 3.8) is 0 Å². The largest absolute Gasteiger partial charge is 0.455 e. The van der Waals surface area contributed by atoms with Crippen LogP contribution in [0.2, 0.25) is 0 Å². The van der Waals surface area contributed by atoms with Gasteiger partial charge in [0.25, 0.3) is 0 Å². The zero-order valence-electron chi connectivity index (χ0n) is 34.3. The molecule has 0 fully saturated rings. The number of hydrogen-bond donors (Lipinski definition) is 0. The third-order valence-electron chi connectivity index (χ3n) is 12.3. The Bertz CT molecular complexity index is 3620. The van der Waals surface area contributed by atoms with Crippen LogP contribution < -0.4 is 4.90 Å². The molecular formula is C60H39NOS. The van der Waals surface area contributed by atoms with Crippen molar-refractivity contribution in [1.29, 1.82) is 0 Å². The summed E-state index contributed by atoms with van der Waals surface area (Å²) in [4.78, 5) is 2.40. The summed E-state index contributed by atoms with van der Waals surface area (Å²) >= 11 is 1.86. The topological polar surface area (TPSA) is 16.4 Å². The molecule has 2 nitrogen and oxygen atoms in total. The summed E-state index contributed by atoms with van der Waals surface area (Å²) in [5, 5.41) is 4.89. The molecule has 0 aliphatic rings. The quantitative estimate of drug-likeness (QED) is 0.152. The van der Waals surface area contributed by atoms with E-state index in [1.54, 1.807) is 0 Å². The standard InChI is InChI=1S/C60H39NOS/c1-2-15-41(16-3-1)46-17-4-5-18-48(46)49-19-6-7-20-50(49)51-21-8-11-26-56(51)61(44-34-29-40(30-35-44)43-33-38-54-53-23-10-13-28-58(53)63-59(54)39-43)45-36-31-42(32-37-45)47-24-14-25-55-52-22-9-12-27-57(52)62-60(47)55/h1-39H. The highest BCUT2D eigenvalue weighted by Gasteiger charge is 2.21. The lowest BCUT2D eigenvalue weighted by molar-refractivity contribution is 0.670. The zero-order chi connectivity index (χ0) is 41.7. The Labute approximate surface area is 370 Å². The fourth-order valence-corrected chi connectivity index (χ4v) is 10.5. The highest BCUT2D eigenvalue weighted by atomic mass is 32.1. The predicted molar refractivity (Wildman–Crippen MR) is 268 cm³/mol. The maximum absolute atomic E-state index is 6.48. The lowest BCUT2D eigenvalue weighted by atomic mass is 9.88. The summed E-state index contributed by atoms with van der Waals surface area (Å²) in [6, 6.07) is 85.4. The molecule has 12 rings (SSSR count). The molecule has 0 amide bonds. The van der Waals surface area contributed by atoms with Crippen LogP contribution in [0.25, 0.3) is 97.7 Å². The summed E-state index contributed by atoms with van der Waals surface area (Å²) in [6.07, 6.45) is 0. The molecule has 0 unspecified atom stereocenters. The number of anilines is 3. The van der Waals surface area contributed by atoms with Gasteiger partial charge in [-0.05, 0) is 93.0 Å². The molecule has 12 aromatic rings. The molecule has 0 saturated heterocycles. The van der Waals surface area contributed by atoms with Gasteiger partial charge < -0.3 is 9.32 Å². The zero-order valence-corrected chi connectivity index (χ0v) is 35.1. The smallest absolute Gasteiger partial charge is 0.143 e. The van der Waals surface area contributed by atoms with E-state index >= 15 is 0 Å². The first kappa shape index (κ1) is 36.8. The van der Waals surface area contributed by atoms with Gasteiger partial charge >= 0.3 is 0 Å². The van der Waals surface area contributed by atoms with Gasteiger partial charge in [-0.1, -0.05) is 188 Å². The van der Waals surface area contributed by atoms with Gasteiger partial charge in [-0.25, -0.2) is 0 Å². The molecule has 63 heavy (non-hydrogen) atoms.